The lowest BCUT2D eigenvalue weighted by molar-refractivity contribution is -0.139. The standard InChI is InChI=1S/C20H25N3O3/c1-22(15-8-3-2-4-9-15)17(24)13-23-18(25)20(21-19(23)26)12-11-14-7-5-6-10-16(14)20/h5-7,10,15H,2-4,8-9,11-13H2,1H3,(H,21,26). The van der Waals surface area contributed by atoms with Gasteiger partial charge in [0.25, 0.3) is 5.91 Å². The molecule has 1 heterocycles. The zero-order valence-corrected chi connectivity index (χ0v) is 15.2. The molecule has 6 heteroatoms. The molecule has 4 rings (SSSR count). The molecule has 6 nitrogen and oxygen atoms in total. The number of hydrogen-bond acceptors (Lipinski definition) is 3. The molecular formula is C20H25N3O3. The molecule has 4 amide bonds. The lowest BCUT2D eigenvalue weighted by atomic mass is 9.92. The van der Waals surface area contributed by atoms with Crippen molar-refractivity contribution in [2.24, 2.45) is 0 Å². The molecular weight excluding hydrogens is 330 g/mol. The van der Waals surface area contributed by atoms with Crippen molar-refractivity contribution in [1.82, 2.24) is 15.1 Å². The Morgan fingerprint density at radius 3 is 2.73 bits per heavy atom. The smallest absolute Gasteiger partial charge is 0.325 e. The maximum Gasteiger partial charge on any atom is 0.325 e. The lowest BCUT2D eigenvalue weighted by Crippen LogP contribution is -2.46. The molecule has 1 aromatic rings. The van der Waals surface area contributed by atoms with Crippen LogP contribution in [0.25, 0.3) is 0 Å². The van der Waals surface area contributed by atoms with Gasteiger partial charge in [0, 0.05) is 13.1 Å². The summed E-state index contributed by atoms with van der Waals surface area (Å²) in [6.07, 6.45) is 6.79. The van der Waals surface area contributed by atoms with Crippen molar-refractivity contribution in [2.75, 3.05) is 13.6 Å². The first kappa shape index (κ1) is 17.1. The van der Waals surface area contributed by atoms with E-state index < -0.39 is 11.6 Å². The molecule has 1 saturated carbocycles. The van der Waals surface area contributed by atoms with Gasteiger partial charge in [0.05, 0.1) is 0 Å². The number of aryl methyl sites for hydroxylation is 1. The van der Waals surface area contributed by atoms with E-state index in [1.165, 1.54) is 6.42 Å². The van der Waals surface area contributed by atoms with Crippen LogP contribution >= 0.6 is 0 Å². The summed E-state index contributed by atoms with van der Waals surface area (Å²) in [5.74, 6) is -0.457. The average molecular weight is 355 g/mol. The minimum atomic E-state index is -0.989. The Balaban J connectivity index is 1.51. The third-order valence-corrected chi connectivity index (χ3v) is 6.23. The fraction of sp³-hybridized carbons (Fsp3) is 0.550. The molecule has 0 radical (unpaired) electrons. The second-order valence-electron chi connectivity index (χ2n) is 7.68. The number of benzene rings is 1. The summed E-state index contributed by atoms with van der Waals surface area (Å²) in [6, 6.07) is 7.49. The van der Waals surface area contributed by atoms with Gasteiger partial charge in [-0.2, -0.15) is 0 Å². The van der Waals surface area contributed by atoms with E-state index in [2.05, 4.69) is 5.32 Å². The maximum absolute atomic E-state index is 13.1. The van der Waals surface area contributed by atoms with E-state index >= 15 is 0 Å². The van der Waals surface area contributed by atoms with Gasteiger partial charge in [0.1, 0.15) is 12.1 Å². The number of likely N-dealkylation sites (N-methyl/N-ethyl adjacent to an activating group) is 1. The Kier molecular flexibility index (Phi) is 4.21. The van der Waals surface area contributed by atoms with Gasteiger partial charge in [-0.05, 0) is 36.8 Å². The van der Waals surface area contributed by atoms with Crippen LogP contribution in [0.2, 0.25) is 0 Å². The molecule has 1 spiro atoms. The highest BCUT2D eigenvalue weighted by Crippen LogP contribution is 2.41. The molecule has 2 fully saturated rings. The van der Waals surface area contributed by atoms with Crippen molar-refractivity contribution in [1.29, 1.82) is 0 Å². The molecule has 1 aliphatic heterocycles. The molecule has 1 saturated heterocycles. The Morgan fingerprint density at radius 2 is 1.96 bits per heavy atom. The summed E-state index contributed by atoms with van der Waals surface area (Å²) < 4.78 is 0. The summed E-state index contributed by atoms with van der Waals surface area (Å²) >= 11 is 0. The van der Waals surface area contributed by atoms with Crippen LogP contribution in [0.15, 0.2) is 24.3 Å². The first-order chi connectivity index (χ1) is 12.5. The van der Waals surface area contributed by atoms with E-state index in [9.17, 15) is 14.4 Å². The lowest BCUT2D eigenvalue weighted by Gasteiger charge is -2.32. The Labute approximate surface area is 153 Å². The summed E-state index contributed by atoms with van der Waals surface area (Å²) in [7, 11) is 1.79. The van der Waals surface area contributed by atoms with E-state index in [0.717, 1.165) is 48.1 Å². The summed E-state index contributed by atoms with van der Waals surface area (Å²) in [5.41, 5.74) is 0.972. The van der Waals surface area contributed by atoms with E-state index in [4.69, 9.17) is 0 Å². The van der Waals surface area contributed by atoms with Gasteiger partial charge in [0.2, 0.25) is 5.91 Å². The highest BCUT2D eigenvalue weighted by Gasteiger charge is 2.55. The summed E-state index contributed by atoms with van der Waals surface area (Å²) in [5, 5.41) is 2.88. The Morgan fingerprint density at radius 1 is 1.23 bits per heavy atom. The zero-order chi connectivity index (χ0) is 18.3. The van der Waals surface area contributed by atoms with Crippen molar-refractivity contribution < 1.29 is 14.4 Å². The molecule has 1 atom stereocenters. The van der Waals surface area contributed by atoms with Crippen molar-refractivity contribution in [3.05, 3.63) is 35.4 Å². The average Bonchev–Trinajstić information content (AvgIpc) is 3.15. The van der Waals surface area contributed by atoms with Gasteiger partial charge < -0.3 is 10.2 Å². The van der Waals surface area contributed by atoms with E-state index in [1.54, 1.807) is 11.9 Å². The van der Waals surface area contributed by atoms with E-state index in [0.29, 0.717) is 6.42 Å². The highest BCUT2D eigenvalue weighted by atomic mass is 16.2. The summed E-state index contributed by atoms with van der Waals surface area (Å²) in [6.45, 7) is -0.179. The number of carbonyl (C=O) groups is 3. The van der Waals surface area contributed by atoms with Gasteiger partial charge in [-0.15, -0.1) is 0 Å². The topological polar surface area (TPSA) is 69.7 Å². The highest BCUT2D eigenvalue weighted by molar-refractivity contribution is 6.09. The zero-order valence-electron chi connectivity index (χ0n) is 15.2. The molecule has 2 aliphatic carbocycles. The predicted octanol–water partition coefficient (Wildman–Crippen LogP) is 2.17. The Bertz CT molecular complexity index is 756. The van der Waals surface area contributed by atoms with Crippen LogP contribution < -0.4 is 5.32 Å². The number of nitrogens with one attached hydrogen (secondary N) is 1. The number of imide groups is 1. The molecule has 0 bridgehead atoms. The van der Waals surface area contributed by atoms with Crippen molar-refractivity contribution in [2.45, 2.75) is 56.5 Å². The number of nitrogens with zero attached hydrogens (tertiary/aromatic N) is 2. The molecule has 1 aromatic carbocycles. The second-order valence-corrected chi connectivity index (χ2v) is 7.68. The minimum Gasteiger partial charge on any atom is -0.341 e. The number of hydrogen-bond donors (Lipinski definition) is 1. The van der Waals surface area contributed by atoms with Crippen LogP contribution in [-0.4, -0.2) is 47.3 Å². The summed E-state index contributed by atoms with van der Waals surface area (Å²) in [4.78, 5) is 41.1. The number of carbonyl (C=O) groups excluding carboxylic acids is 3. The largest absolute Gasteiger partial charge is 0.341 e. The predicted molar refractivity (Wildman–Crippen MR) is 96.3 cm³/mol. The quantitative estimate of drug-likeness (QED) is 0.845. The monoisotopic (exact) mass is 355 g/mol. The second kappa shape index (κ2) is 6.41. The third kappa shape index (κ3) is 2.59. The van der Waals surface area contributed by atoms with Gasteiger partial charge in [-0.1, -0.05) is 43.5 Å². The van der Waals surface area contributed by atoms with Crippen LogP contribution in [0.5, 0.6) is 0 Å². The SMILES string of the molecule is CN(C(=O)CN1C(=O)NC2(CCc3ccccc32)C1=O)C1CCCCC1. The van der Waals surface area contributed by atoms with Gasteiger partial charge in [0.15, 0.2) is 0 Å². The van der Waals surface area contributed by atoms with Crippen LogP contribution in [-0.2, 0) is 21.5 Å². The number of amides is 4. The van der Waals surface area contributed by atoms with Crippen molar-refractivity contribution in [3.63, 3.8) is 0 Å². The van der Waals surface area contributed by atoms with Gasteiger partial charge in [-0.3, -0.25) is 14.5 Å². The fourth-order valence-corrected chi connectivity index (χ4v) is 4.65. The molecule has 26 heavy (non-hydrogen) atoms. The van der Waals surface area contributed by atoms with Crippen LogP contribution in [0.4, 0.5) is 4.79 Å². The van der Waals surface area contributed by atoms with Crippen LogP contribution in [0.3, 0.4) is 0 Å². The number of fused-ring (bicyclic) bond motifs is 2. The Hall–Kier alpha value is -2.37. The normalized spacial score (nSPS) is 25.5. The fourth-order valence-electron chi connectivity index (χ4n) is 4.65. The maximum atomic E-state index is 13.1. The molecule has 1 unspecified atom stereocenters. The van der Waals surface area contributed by atoms with Crippen LogP contribution in [0.1, 0.15) is 49.7 Å². The van der Waals surface area contributed by atoms with Crippen molar-refractivity contribution in [3.8, 4) is 0 Å². The van der Waals surface area contributed by atoms with E-state index in [-0.39, 0.29) is 24.4 Å². The molecule has 138 valence electrons. The number of urea groups is 1. The first-order valence-corrected chi connectivity index (χ1v) is 9.51. The van der Waals surface area contributed by atoms with Gasteiger partial charge >= 0.3 is 6.03 Å². The van der Waals surface area contributed by atoms with Gasteiger partial charge in [-0.25, -0.2) is 4.79 Å². The third-order valence-electron chi connectivity index (χ3n) is 6.23. The van der Waals surface area contributed by atoms with Crippen molar-refractivity contribution >= 4 is 17.8 Å². The van der Waals surface area contributed by atoms with Crippen LogP contribution in [0, 0.1) is 0 Å². The molecule has 0 aromatic heterocycles. The van der Waals surface area contributed by atoms with E-state index in [1.807, 2.05) is 24.3 Å². The first-order valence-electron chi connectivity index (χ1n) is 9.51. The molecule has 1 N–H and O–H groups in total. The minimum absolute atomic E-state index is 0.163. The number of rotatable bonds is 3. The molecule has 3 aliphatic rings.